The molecule has 128 valence electrons. The van der Waals surface area contributed by atoms with E-state index in [0.717, 1.165) is 30.7 Å². The summed E-state index contributed by atoms with van der Waals surface area (Å²) in [4.78, 5) is 6.71. The summed E-state index contributed by atoms with van der Waals surface area (Å²) in [6.07, 6.45) is 3.85. The molecule has 1 aliphatic rings. The van der Waals surface area contributed by atoms with E-state index in [1.807, 2.05) is 19.2 Å². The number of hydrogen-bond donors (Lipinski definition) is 2. The number of aliphatic imine (C=N–C) groups is 1. The molecule has 23 heavy (non-hydrogen) atoms. The molecule has 0 atom stereocenters. The Morgan fingerprint density at radius 1 is 1.22 bits per heavy atom. The zero-order valence-corrected chi connectivity index (χ0v) is 14.6. The molecule has 0 aliphatic carbocycles. The SMILES string of the molecule is CN=C(NCCC1CCN(C)CC1)NCc1ccc(OC)cc1. The summed E-state index contributed by atoms with van der Waals surface area (Å²) in [7, 11) is 5.71. The van der Waals surface area contributed by atoms with Gasteiger partial charge in [-0.25, -0.2) is 0 Å². The molecule has 1 heterocycles. The third kappa shape index (κ3) is 6.10. The highest BCUT2D eigenvalue weighted by molar-refractivity contribution is 5.79. The fourth-order valence-electron chi connectivity index (χ4n) is 2.90. The Hall–Kier alpha value is -1.75. The number of methoxy groups -OCH3 is 1. The lowest BCUT2D eigenvalue weighted by Crippen LogP contribution is -2.38. The van der Waals surface area contributed by atoms with E-state index in [-0.39, 0.29) is 0 Å². The largest absolute Gasteiger partial charge is 0.497 e. The second-order valence-electron chi connectivity index (χ2n) is 6.24. The van der Waals surface area contributed by atoms with E-state index in [1.54, 1.807) is 7.11 Å². The van der Waals surface area contributed by atoms with Gasteiger partial charge in [-0.3, -0.25) is 4.99 Å². The summed E-state index contributed by atoms with van der Waals surface area (Å²) in [6.45, 7) is 4.21. The van der Waals surface area contributed by atoms with Gasteiger partial charge in [0.25, 0.3) is 0 Å². The fourth-order valence-corrected chi connectivity index (χ4v) is 2.90. The average molecular weight is 318 g/mol. The van der Waals surface area contributed by atoms with E-state index < -0.39 is 0 Å². The van der Waals surface area contributed by atoms with E-state index in [0.29, 0.717) is 0 Å². The maximum Gasteiger partial charge on any atom is 0.191 e. The standard InChI is InChI=1S/C18H30N4O/c1-19-18(20-11-8-15-9-12-22(2)13-10-15)21-14-16-4-6-17(23-3)7-5-16/h4-7,15H,8-14H2,1-3H3,(H2,19,20,21). The Labute approximate surface area is 140 Å². The number of likely N-dealkylation sites (tertiary alicyclic amines) is 1. The molecule has 5 heteroatoms. The fraction of sp³-hybridized carbons (Fsp3) is 0.611. The van der Waals surface area contributed by atoms with E-state index in [2.05, 4.69) is 39.7 Å². The molecule has 5 nitrogen and oxygen atoms in total. The summed E-state index contributed by atoms with van der Waals surface area (Å²) < 4.78 is 5.17. The van der Waals surface area contributed by atoms with Crippen molar-refractivity contribution in [3.8, 4) is 5.75 Å². The van der Waals surface area contributed by atoms with Crippen LogP contribution >= 0.6 is 0 Å². The number of rotatable bonds is 6. The number of nitrogens with zero attached hydrogens (tertiary/aromatic N) is 2. The lowest BCUT2D eigenvalue weighted by Gasteiger charge is -2.29. The van der Waals surface area contributed by atoms with Gasteiger partial charge in [0, 0.05) is 20.1 Å². The molecule has 1 fully saturated rings. The predicted octanol–water partition coefficient (Wildman–Crippen LogP) is 2.09. The van der Waals surface area contributed by atoms with Crippen LogP contribution in [-0.4, -0.2) is 51.7 Å². The molecule has 0 amide bonds. The predicted molar refractivity (Wildman–Crippen MR) is 96.0 cm³/mol. The molecule has 1 aliphatic heterocycles. The normalized spacial score (nSPS) is 17.1. The lowest BCUT2D eigenvalue weighted by atomic mass is 9.94. The number of guanidine groups is 1. The van der Waals surface area contributed by atoms with E-state index in [4.69, 9.17) is 4.74 Å². The van der Waals surface area contributed by atoms with Crippen molar-refractivity contribution < 1.29 is 4.74 Å². The maximum absolute atomic E-state index is 5.17. The smallest absolute Gasteiger partial charge is 0.191 e. The highest BCUT2D eigenvalue weighted by Crippen LogP contribution is 2.18. The molecule has 0 unspecified atom stereocenters. The Bertz CT molecular complexity index is 478. The molecule has 1 saturated heterocycles. The van der Waals surface area contributed by atoms with Crippen LogP contribution in [0.3, 0.4) is 0 Å². The van der Waals surface area contributed by atoms with Gasteiger partial charge in [0.1, 0.15) is 5.75 Å². The van der Waals surface area contributed by atoms with Crippen molar-refractivity contribution >= 4 is 5.96 Å². The Balaban J connectivity index is 1.66. The summed E-state index contributed by atoms with van der Waals surface area (Å²) in [5.41, 5.74) is 1.21. The number of benzene rings is 1. The Morgan fingerprint density at radius 3 is 2.52 bits per heavy atom. The zero-order valence-electron chi connectivity index (χ0n) is 14.6. The number of piperidine rings is 1. The van der Waals surface area contributed by atoms with Crippen LogP contribution in [0.25, 0.3) is 0 Å². The van der Waals surface area contributed by atoms with Crippen molar-refractivity contribution in [1.82, 2.24) is 15.5 Å². The molecular formula is C18H30N4O. The quantitative estimate of drug-likeness (QED) is 0.623. The molecule has 0 saturated carbocycles. The van der Waals surface area contributed by atoms with Gasteiger partial charge in [-0.2, -0.15) is 0 Å². The first-order valence-corrected chi connectivity index (χ1v) is 8.47. The van der Waals surface area contributed by atoms with Crippen LogP contribution in [-0.2, 0) is 6.54 Å². The molecule has 1 aromatic rings. The summed E-state index contributed by atoms with van der Waals surface area (Å²) in [6, 6.07) is 8.09. The summed E-state index contributed by atoms with van der Waals surface area (Å²) >= 11 is 0. The molecule has 0 aromatic heterocycles. The van der Waals surface area contributed by atoms with Crippen LogP contribution in [0.15, 0.2) is 29.3 Å². The monoisotopic (exact) mass is 318 g/mol. The van der Waals surface area contributed by atoms with Gasteiger partial charge in [0.05, 0.1) is 7.11 Å². The number of hydrogen-bond acceptors (Lipinski definition) is 3. The first kappa shape index (κ1) is 17.6. The maximum atomic E-state index is 5.17. The highest BCUT2D eigenvalue weighted by Gasteiger charge is 2.16. The Morgan fingerprint density at radius 2 is 1.91 bits per heavy atom. The average Bonchev–Trinajstić information content (AvgIpc) is 2.60. The molecule has 2 rings (SSSR count). The molecule has 0 spiro atoms. The Kier molecular flexibility index (Phi) is 7.20. The number of ether oxygens (including phenoxy) is 1. The third-order valence-corrected chi connectivity index (χ3v) is 4.53. The van der Waals surface area contributed by atoms with Crippen LogP contribution in [0.5, 0.6) is 5.75 Å². The van der Waals surface area contributed by atoms with E-state index in [1.165, 1.54) is 37.9 Å². The van der Waals surface area contributed by atoms with E-state index in [9.17, 15) is 0 Å². The first-order valence-electron chi connectivity index (χ1n) is 8.47. The van der Waals surface area contributed by atoms with Crippen molar-refractivity contribution in [2.24, 2.45) is 10.9 Å². The van der Waals surface area contributed by atoms with Crippen molar-refractivity contribution in [1.29, 1.82) is 0 Å². The van der Waals surface area contributed by atoms with Gasteiger partial charge in [-0.05, 0) is 63.0 Å². The van der Waals surface area contributed by atoms with E-state index >= 15 is 0 Å². The third-order valence-electron chi connectivity index (χ3n) is 4.53. The molecule has 0 bridgehead atoms. The highest BCUT2D eigenvalue weighted by atomic mass is 16.5. The summed E-state index contributed by atoms with van der Waals surface area (Å²) in [5.74, 6) is 2.60. The van der Waals surface area contributed by atoms with Crippen LogP contribution in [0, 0.1) is 5.92 Å². The molecular weight excluding hydrogens is 288 g/mol. The molecule has 1 aromatic carbocycles. The van der Waals surface area contributed by atoms with Crippen LogP contribution in [0.2, 0.25) is 0 Å². The topological polar surface area (TPSA) is 48.9 Å². The van der Waals surface area contributed by atoms with Crippen LogP contribution < -0.4 is 15.4 Å². The van der Waals surface area contributed by atoms with Crippen molar-refractivity contribution in [2.45, 2.75) is 25.8 Å². The van der Waals surface area contributed by atoms with Gasteiger partial charge in [0.15, 0.2) is 5.96 Å². The van der Waals surface area contributed by atoms with Crippen LogP contribution in [0.1, 0.15) is 24.8 Å². The number of nitrogens with one attached hydrogen (secondary N) is 2. The van der Waals surface area contributed by atoms with Gasteiger partial charge in [-0.1, -0.05) is 12.1 Å². The van der Waals surface area contributed by atoms with Crippen molar-refractivity contribution in [2.75, 3.05) is 40.8 Å². The van der Waals surface area contributed by atoms with Crippen molar-refractivity contribution in [3.63, 3.8) is 0 Å². The summed E-state index contributed by atoms with van der Waals surface area (Å²) in [5, 5.41) is 6.78. The minimum atomic E-state index is 0.762. The van der Waals surface area contributed by atoms with Gasteiger partial charge >= 0.3 is 0 Å². The van der Waals surface area contributed by atoms with Gasteiger partial charge in [-0.15, -0.1) is 0 Å². The van der Waals surface area contributed by atoms with Crippen LogP contribution in [0.4, 0.5) is 0 Å². The molecule has 0 radical (unpaired) electrons. The first-order chi connectivity index (χ1) is 11.2. The zero-order chi connectivity index (χ0) is 16.5. The molecule has 2 N–H and O–H groups in total. The lowest BCUT2D eigenvalue weighted by molar-refractivity contribution is 0.213. The second-order valence-corrected chi connectivity index (χ2v) is 6.24. The minimum absolute atomic E-state index is 0.762. The minimum Gasteiger partial charge on any atom is -0.497 e. The second kappa shape index (κ2) is 9.40. The van der Waals surface area contributed by atoms with Gasteiger partial charge in [0.2, 0.25) is 0 Å². The van der Waals surface area contributed by atoms with Gasteiger partial charge < -0.3 is 20.3 Å². The van der Waals surface area contributed by atoms with Crippen molar-refractivity contribution in [3.05, 3.63) is 29.8 Å².